The van der Waals surface area contributed by atoms with Gasteiger partial charge in [0.15, 0.2) is 6.10 Å². The van der Waals surface area contributed by atoms with Gasteiger partial charge in [0, 0.05) is 19.4 Å². The Morgan fingerprint density at radius 1 is 0.433 bits per heavy atom. The van der Waals surface area contributed by atoms with E-state index in [4.69, 9.17) is 23.7 Å². The molecule has 0 heterocycles. The van der Waals surface area contributed by atoms with Crippen LogP contribution < -0.4 is 5.32 Å². The minimum atomic E-state index is -1.38. The molecule has 392 valence electrons. The maximum Gasteiger partial charge on any atom is 0.320 e. The van der Waals surface area contributed by atoms with E-state index in [-0.39, 0.29) is 69.6 Å². The van der Waals surface area contributed by atoms with Crippen LogP contribution >= 0.6 is 0 Å². The monoisotopic (exact) mass is 953 g/mol. The van der Waals surface area contributed by atoms with Gasteiger partial charge in [0.25, 0.3) is 5.91 Å². The second kappa shape index (κ2) is 45.2. The maximum absolute atomic E-state index is 13.8. The number of nitrogens with zero attached hydrogens (tertiary/aromatic N) is 1. The van der Waals surface area contributed by atoms with Crippen molar-refractivity contribution in [2.45, 2.75) is 241 Å². The minimum Gasteiger partial charge on any atom is -0.465 e. The minimum absolute atomic E-state index is 0.0353. The molecule has 0 bridgehead atoms. The molecule has 0 aromatic heterocycles. The van der Waals surface area contributed by atoms with Crippen LogP contribution in [-0.2, 0) is 52.5 Å². The van der Waals surface area contributed by atoms with Crippen LogP contribution in [0.2, 0.25) is 0 Å². The largest absolute Gasteiger partial charge is 0.465 e. The van der Waals surface area contributed by atoms with E-state index in [0.29, 0.717) is 45.3 Å². The molecular formula is C54H100N2O11. The fourth-order valence-electron chi connectivity index (χ4n) is 7.95. The fraction of sp³-hybridized carbons (Fsp3) is 0.889. The number of hydrogen-bond acceptors (Lipinski definition) is 12. The zero-order chi connectivity index (χ0) is 49.8. The second-order valence-corrected chi connectivity index (χ2v) is 18.5. The summed E-state index contributed by atoms with van der Waals surface area (Å²) in [6.07, 6.45) is 24.2. The number of carbonyl (C=O) groups is 6. The number of amides is 1. The first-order valence-corrected chi connectivity index (χ1v) is 27.3. The third-order valence-electron chi connectivity index (χ3n) is 12.5. The number of hydrogen-bond donors (Lipinski definition) is 1. The first-order valence-electron chi connectivity index (χ1n) is 27.3. The van der Waals surface area contributed by atoms with Crippen LogP contribution in [0.5, 0.6) is 0 Å². The van der Waals surface area contributed by atoms with E-state index in [9.17, 15) is 28.8 Å². The van der Waals surface area contributed by atoms with Crippen molar-refractivity contribution in [1.82, 2.24) is 10.2 Å². The van der Waals surface area contributed by atoms with E-state index in [1.54, 1.807) is 0 Å². The number of unbranched alkanes of at least 4 members (excludes halogenated alkanes) is 16. The van der Waals surface area contributed by atoms with Crippen molar-refractivity contribution in [1.29, 1.82) is 0 Å². The summed E-state index contributed by atoms with van der Waals surface area (Å²) in [5, 5.41) is 2.92. The molecule has 0 aromatic rings. The van der Waals surface area contributed by atoms with E-state index in [2.05, 4.69) is 39.9 Å². The molecular weight excluding hydrogens is 853 g/mol. The second-order valence-electron chi connectivity index (χ2n) is 18.5. The zero-order valence-electron chi connectivity index (χ0n) is 43.9. The Labute approximate surface area is 408 Å². The van der Waals surface area contributed by atoms with E-state index in [1.165, 1.54) is 19.3 Å². The molecule has 0 fully saturated rings. The highest BCUT2D eigenvalue weighted by Crippen LogP contribution is 2.21. The molecule has 0 aliphatic heterocycles. The van der Waals surface area contributed by atoms with Gasteiger partial charge in [-0.3, -0.25) is 33.7 Å². The summed E-state index contributed by atoms with van der Waals surface area (Å²) in [5.74, 6) is -3.70. The molecule has 1 amide bonds. The molecule has 13 nitrogen and oxygen atoms in total. The molecule has 0 aromatic carbocycles. The van der Waals surface area contributed by atoms with Gasteiger partial charge in [-0.05, 0) is 70.9 Å². The van der Waals surface area contributed by atoms with Crippen molar-refractivity contribution in [3.05, 3.63) is 0 Å². The molecule has 0 aliphatic rings. The lowest BCUT2D eigenvalue weighted by molar-refractivity contribution is -0.167. The van der Waals surface area contributed by atoms with Crippen LogP contribution in [0, 0.1) is 17.8 Å². The lowest BCUT2D eigenvalue weighted by Gasteiger charge is -2.27. The lowest BCUT2D eigenvalue weighted by Crippen LogP contribution is -2.47. The van der Waals surface area contributed by atoms with E-state index in [0.717, 1.165) is 128 Å². The Kier molecular flexibility index (Phi) is 43.1. The number of ether oxygens (including phenoxy) is 5. The Morgan fingerprint density at radius 3 is 1.27 bits per heavy atom. The highest BCUT2D eigenvalue weighted by molar-refractivity contribution is 5.84. The van der Waals surface area contributed by atoms with Crippen molar-refractivity contribution in [2.75, 3.05) is 52.6 Å². The predicted octanol–water partition coefficient (Wildman–Crippen LogP) is 11.8. The van der Waals surface area contributed by atoms with Crippen molar-refractivity contribution in [3.8, 4) is 0 Å². The summed E-state index contributed by atoms with van der Waals surface area (Å²) in [7, 11) is 0. The van der Waals surface area contributed by atoms with Gasteiger partial charge >= 0.3 is 29.8 Å². The highest BCUT2D eigenvalue weighted by atomic mass is 16.6. The molecule has 0 saturated carbocycles. The molecule has 0 spiro atoms. The van der Waals surface area contributed by atoms with Crippen molar-refractivity contribution in [3.63, 3.8) is 0 Å². The van der Waals surface area contributed by atoms with Gasteiger partial charge in [0.1, 0.15) is 13.2 Å². The normalized spacial score (nSPS) is 13.1. The Morgan fingerprint density at radius 2 is 0.836 bits per heavy atom. The van der Waals surface area contributed by atoms with Crippen LogP contribution in [0.3, 0.4) is 0 Å². The smallest absolute Gasteiger partial charge is 0.320 e. The lowest BCUT2D eigenvalue weighted by atomic mass is 9.95. The number of rotatable bonds is 47. The fourth-order valence-corrected chi connectivity index (χ4v) is 7.95. The zero-order valence-corrected chi connectivity index (χ0v) is 43.9. The van der Waals surface area contributed by atoms with Crippen molar-refractivity contribution in [2.24, 2.45) is 17.8 Å². The summed E-state index contributed by atoms with van der Waals surface area (Å²) >= 11 is 0. The number of esters is 5. The Hall–Kier alpha value is -3.22. The van der Waals surface area contributed by atoms with Crippen molar-refractivity contribution < 1.29 is 52.5 Å². The summed E-state index contributed by atoms with van der Waals surface area (Å²) in [4.78, 5) is 81.0. The average molecular weight is 953 g/mol. The Balaban J connectivity index is 5.69. The number of likely N-dealkylation sites (N-methyl/N-ethyl adjacent to an activating group) is 1. The SMILES string of the molecule is CCCCCCCCCNC(=O)C(OC(=O)CN(CC)CC)C(COC(=O)CCCCOC(=O)C(CCCC)CCCCCC)COC(=O)CCCCOC(=O)C(CCCC)CCCCCC. The number of carbonyl (C=O) groups excluding carboxylic acids is 6. The van der Waals surface area contributed by atoms with Crippen LogP contribution in [0.15, 0.2) is 0 Å². The van der Waals surface area contributed by atoms with Crippen LogP contribution in [-0.4, -0.2) is 99.4 Å². The van der Waals surface area contributed by atoms with Crippen molar-refractivity contribution >= 4 is 35.8 Å². The summed E-state index contributed by atoms with van der Waals surface area (Å²) in [6.45, 7) is 16.0. The van der Waals surface area contributed by atoms with E-state index in [1.807, 2.05) is 18.7 Å². The third-order valence-corrected chi connectivity index (χ3v) is 12.5. The van der Waals surface area contributed by atoms with Gasteiger partial charge in [0.2, 0.25) is 0 Å². The molecule has 0 saturated heterocycles. The number of nitrogens with one attached hydrogen (secondary N) is 1. The summed E-state index contributed by atoms with van der Waals surface area (Å²) in [5.41, 5.74) is 0. The summed E-state index contributed by atoms with van der Waals surface area (Å²) in [6, 6.07) is 0. The molecule has 13 heteroatoms. The van der Waals surface area contributed by atoms with Crippen LogP contribution in [0.4, 0.5) is 0 Å². The molecule has 1 N–H and O–H groups in total. The van der Waals surface area contributed by atoms with Gasteiger partial charge < -0.3 is 29.0 Å². The van der Waals surface area contributed by atoms with E-state index >= 15 is 0 Å². The van der Waals surface area contributed by atoms with Gasteiger partial charge in [-0.15, -0.1) is 0 Å². The Bertz CT molecular complexity index is 1200. The van der Waals surface area contributed by atoms with Crippen LogP contribution in [0.25, 0.3) is 0 Å². The van der Waals surface area contributed by atoms with Gasteiger partial charge in [-0.2, -0.15) is 0 Å². The molecule has 0 aliphatic carbocycles. The van der Waals surface area contributed by atoms with Crippen LogP contribution in [0.1, 0.15) is 235 Å². The van der Waals surface area contributed by atoms with E-state index < -0.39 is 35.8 Å². The molecule has 3 atom stereocenters. The standard InChI is InChI=1S/C54H100N2O11/c1-8-15-20-23-24-25-30-39-55-52(60)51(67-50(59)42-56(13-6)14-7)47(43-65-48(57)37-28-31-40-63-53(61)45(33-18-11-4)35-26-21-16-9-2)44-66-49(58)38-29-32-41-64-54(62)46(34-19-12-5)36-27-22-17-10-3/h45-47,51H,8-44H2,1-7H3,(H,55,60). The molecule has 3 unspecified atom stereocenters. The third kappa shape index (κ3) is 35.5. The van der Waals surface area contributed by atoms with Gasteiger partial charge in [-0.1, -0.05) is 164 Å². The predicted molar refractivity (Wildman–Crippen MR) is 267 cm³/mol. The summed E-state index contributed by atoms with van der Waals surface area (Å²) < 4.78 is 28.5. The highest BCUT2D eigenvalue weighted by Gasteiger charge is 2.35. The van der Waals surface area contributed by atoms with Gasteiger partial charge in [-0.25, -0.2) is 0 Å². The molecule has 0 radical (unpaired) electrons. The quantitative estimate of drug-likeness (QED) is 0.0349. The first kappa shape index (κ1) is 63.8. The average Bonchev–Trinajstić information content (AvgIpc) is 3.32. The first-order chi connectivity index (χ1) is 32.5. The maximum atomic E-state index is 13.8. The topological polar surface area (TPSA) is 164 Å². The molecule has 0 rings (SSSR count). The van der Waals surface area contributed by atoms with Gasteiger partial charge in [0.05, 0.1) is 37.5 Å². The molecule has 67 heavy (non-hydrogen) atoms.